The van der Waals surface area contributed by atoms with Crippen molar-refractivity contribution < 1.29 is 94.9 Å². The number of Topliss-reactive ketones (excluding diaryl/α,β-unsaturated/α-hetero) is 1. The number of nitrogens with zero attached hydrogens (tertiary/aromatic N) is 5. The van der Waals surface area contributed by atoms with Crippen LogP contribution in [-0.2, 0) is 56.5 Å². The summed E-state index contributed by atoms with van der Waals surface area (Å²) in [4.78, 5) is 71.2. The van der Waals surface area contributed by atoms with Crippen molar-refractivity contribution >= 4 is 86.3 Å². The summed E-state index contributed by atoms with van der Waals surface area (Å²) < 4.78 is 187. The molecule has 0 saturated heterocycles. The Morgan fingerprint density at radius 3 is 1.36 bits per heavy atom. The monoisotopic (exact) mass is 1280 g/mol. The molecular formula is C56H50ClF15N8O8. The van der Waals surface area contributed by atoms with Gasteiger partial charge in [0.25, 0.3) is 11.4 Å². The number of ketones is 1. The van der Waals surface area contributed by atoms with E-state index < -0.39 is 98.2 Å². The number of fused-ring (bicyclic) bond motifs is 2. The van der Waals surface area contributed by atoms with Gasteiger partial charge in [0.2, 0.25) is 17.7 Å². The lowest BCUT2D eigenvalue weighted by molar-refractivity contribution is -0.385. The van der Waals surface area contributed by atoms with Crippen LogP contribution in [0.15, 0.2) is 121 Å². The number of anilines is 7. The lowest BCUT2D eigenvalue weighted by atomic mass is 10.0. The maximum Gasteiger partial charge on any atom is 0.416 e. The molecule has 6 aromatic rings. The number of alkyl halides is 15. The molecular weight excluding hydrogens is 1230 g/mol. The van der Waals surface area contributed by atoms with Gasteiger partial charge in [-0.3, -0.25) is 44.3 Å². The quantitative estimate of drug-likeness (QED) is 0.0407. The lowest BCUT2D eigenvalue weighted by Crippen LogP contribution is -2.31. The van der Waals surface area contributed by atoms with E-state index in [0.717, 1.165) is 54.6 Å². The minimum Gasteiger partial charge on any atom is -0.397 e. The number of hydrogen-bond acceptors (Lipinski definition) is 11. The Labute approximate surface area is 494 Å². The highest BCUT2D eigenvalue weighted by molar-refractivity contribution is 6.32. The number of carbonyl (C=O) groups excluding carboxylic acids is 4. The van der Waals surface area contributed by atoms with Gasteiger partial charge >= 0.3 is 30.9 Å². The number of halogens is 16. The van der Waals surface area contributed by atoms with Crippen LogP contribution in [0.4, 0.5) is 117 Å². The number of nitro benzene ring substituents is 2. The van der Waals surface area contributed by atoms with Crippen molar-refractivity contribution in [3.8, 4) is 0 Å². The Hall–Kier alpha value is -9.16. The number of nitrogens with one attached hydrogen (secondary N) is 2. The molecule has 0 aliphatic carbocycles. The Morgan fingerprint density at radius 2 is 0.886 bits per heavy atom. The summed E-state index contributed by atoms with van der Waals surface area (Å²) in [6, 6.07) is 22.2. The molecule has 3 amide bonds. The van der Waals surface area contributed by atoms with Crippen LogP contribution in [-0.4, -0.2) is 59.5 Å². The molecule has 0 unspecified atom stereocenters. The molecule has 88 heavy (non-hydrogen) atoms. The summed E-state index contributed by atoms with van der Waals surface area (Å²) in [5, 5.41) is 26.0. The van der Waals surface area contributed by atoms with Gasteiger partial charge in [-0.15, -0.1) is 0 Å². The van der Waals surface area contributed by atoms with Gasteiger partial charge in [-0.1, -0.05) is 29.8 Å². The molecule has 0 radical (unpaired) electrons. The standard InChI is InChI=1S/C18H15F3N2O2.C13H12F3NO2.C9H9F3N2O2.C9H11F3N2.C7H3ClF3NO2/c1-2-22-14-9-8-12(18(19,20)21)10-15(14)23(17(25)11-16(22)24)13-6-4-3-5-7-13;1-2-17-11-4-3-9(13(14,15)16)5-8(11)6-10(18)7-12(17)19;1-2-13-7-4-3-6(9(10,11)12)5-8(7)14(15)16;1-2-14-8-4-3-6(5-7(8)13)9(10,11)12;8-5-2-1-4(7(9,10)11)3-6(5)12(13)14/h3-10H,2,11H2,1H3;3-5H,2,6-7H2,1H3;3-5,13H,2H2,1H3;3-5,14H,2,13H2,1H3;1-3H. The van der Waals surface area contributed by atoms with Crippen LogP contribution >= 0.6 is 11.6 Å². The molecule has 8 rings (SSSR count). The fourth-order valence-corrected chi connectivity index (χ4v) is 8.38. The van der Waals surface area contributed by atoms with E-state index in [2.05, 4.69) is 10.6 Å². The van der Waals surface area contributed by atoms with E-state index in [9.17, 15) is 105 Å². The number of nitro groups is 2. The Morgan fingerprint density at radius 1 is 0.477 bits per heavy atom. The Balaban J connectivity index is 0.000000240. The number of para-hydroxylation sites is 1. The van der Waals surface area contributed by atoms with Gasteiger partial charge in [0.05, 0.1) is 66.8 Å². The predicted molar refractivity (Wildman–Crippen MR) is 296 cm³/mol. The van der Waals surface area contributed by atoms with Crippen molar-refractivity contribution in [1.29, 1.82) is 0 Å². The number of rotatable bonds is 9. The van der Waals surface area contributed by atoms with E-state index in [0.29, 0.717) is 54.9 Å². The van der Waals surface area contributed by atoms with E-state index >= 15 is 0 Å². The van der Waals surface area contributed by atoms with Crippen LogP contribution in [0.2, 0.25) is 5.02 Å². The van der Waals surface area contributed by atoms with E-state index in [1.807, 2.05) is 6.92 Å². The van der Waals surface area contributed by atoms with Gasteiger partial charge in [0, 0.05) is 56.1 Å². The van der Waals surface area contributed by atoms with Crippen LogP contribution in [0, 0.1) is 20.2 Å². The molecule has 0 saturated carbocycles. The minimum atomic E-state index is -4.60. The summed E-state index contributed by atoms with van der Waals surface area (Å²) in [5.74, 6) is -1.73. The Bertz CT molecular complexity index is 3490. The van der Waals surface area contributed by atoms with Crippen LogP contribution < -0.4 is 31.1 Å². The number of benzene rings is 6. The molecule has 2 heterocycles. The van der Waals surface area contributed by atoms with Gasteiger partial charge in [-0.2, -0.15) is 65.9 Å². The van der Waals surface area contributed by atoms with Crippen molar-refractivity contribution in [3.05, 3.63) is 180 Å². The second-order valence-corrected chi connectivity index (χ2v) is 18.6. The predicted octanol–water partition coefficient (Wildman–Crippen LogP) is 15.7. The molecule has 0 fully saturated rings. The van der Waals surface area contributed by atoms with Gasteiger partial charge in [-0.05, 0) is 124 Å². The highest BCUT2D eigenvalue weighted by Gasteiger charge is 2.39. The topological polar surface area (TPSA) is 214 Å². The van der Waals surface area contributed by atoms with Crippen molar-refractivity contribution in [1.82, 2.24) is 0 Å². The molecule has 6 aromatic carbocycles. The molecule has 16 nitrogen and oxygen atoms in total. The number of hydrogen-bond donors (Lipinski definition) is 3. The molecule has 474 valence electrons. The zero-order valence-electron chi connectivity index (χ0n) is 46.1. The summed E-state index contributed by atoms with van der Waals surface area (Å²) in [6.45, 7) is 8.56. The molecule has 4 N–H and O–H groups in total. The molecule has 2 aliphatic rings. The normalized spacial score (nSPS) is 13.5. The van der Waals surface area contributed by atoms with Gasteiger partial charge in [0.15, 0.2) is 0 Å². The molecule has 0 aromatic heterocycles. The highest BCUT2D eigenvalue weighted by atomic mass is 35.5. The SMILES string of the molecule is CCN1C(=O)CC(=O)Cc2cc(C(F)(F)F)ccc21.CCN1C(=O)CC(=O)N(c2ccccc2)c2cc(C(F)(F)F)ccc21.CCNc1ccc(C(F)(F)F)cc1N.CCNc1ccc(C(F)(F)F)cc1[N+](=O)[O-].O=[N+]([O-])c1cc(C(F)(F)F)ccc1Cl. The third-order valence-electron chi connectivity index (χ3n) is 12.2. The van der Waals surface area contributed by atoms with Crippen molar-refractivity contribution in [2.24, 2.45) is 0 Å². The van der Waals surface area contributed by atoms with Crippen LogP contribution in [0.25, 0.3) is 0 Å². The van der Waals surface area contributed by atoms with Crippen LogP contribution in [0.5, 0.6) is 0 Å². The second kappa shape index (κ2) is 29.5. The van der Waals surface area contributed by atoms with Gasteiger partial charge in [-0.25, -0.2) is 0 Å². The van der Waals surface area contributed by atoms with Gasteiger partial charge < -0.3 is 26.2 Å². The largest absolute Gasteiger partial charge is 0.416 e. The molecule has 2 aliphatic heterocycles. The third kappa shape index (κ3) is 19.2. The minimum absolute atomic E-state index is 0.0544. The van der Waals surface area contributed by atoms with E-state index in [1.165, 1.54) is 32.9 Å². The summed E-state index contributed by atoms with van der Waals surface area (Å²) in [6.07, 6.45) is -23.3. The van der Waals surface area contributed by atoms with Gasteiger partial charge in [0.1, 0.15) is 22.9 Å². The van der Waals surface area contributed by atoms with E-state index in [4.69, 9.17) is 17.3 Å². The number of nitrogens with two attached hydrogens (primary N) is 1. The first-order valence-electron chi connectivity index (χ1n) is 25.5. The maximum atomic E-state index is 13.2. The number of nitrogen functional groups attached to an aromatic ring is 1. The summed E-state index contributed by atoms with van der Waals surface area (Å²) >= 11 is 5.33. The maximum absolute atomic E-state index is 13.2. The van der Waals surface area contributed by atoms with Crippen LogP contribution in [0.1, 0.15) is 73.9 Å². The fraction of sp³-hybridized carbons (Fsp3) is 0.286. The zero-order chi connectivity index (χ0) is 66.4. The first-order valence-corrected chi connectivity index (χ1v) is 25.9. The molecule has 0 atom stereocenters. The van der Waals surface area contributed by atoms with E-state index in [-0.39, 0.29) is 64.4 Å². The third-order valence-corrected chi connectivity index (χ3v) is 12.5. The van der Waals surface area contributed by atoms with Crippen molar-refractivity contribution in [2.45, 2.75) is 77.8 Å². The first kappa shape index (κ1) is 71.3. The molecule has 0 bridgehead atoms. The van der Waals surface area contributed by atoms with E-state index in [1.54, 1.807) is 51.1 Å². The number of carbonyl (C=O) groups is 4. The first-order chi connectivity index (χ1) is 40.8. The number of amides is 3. The Kier molecular flexibility index (Phi) is 23.9. The summed E-state index contributed by atoms with van der Waals surface area (Å²) in [7, 11) is 0. The smallest absolute Gasteiger partial charge is 0.397 e. The summed E-state index contributed by atoms with van der Waals surface area (Å²) in [5.41, 5.74) is 1.74. The molecule has 32 heteroatoms. The zero-order valence-corrected chi connectivity index (χ0v) is 46.9. The highest BCUT2D eigenvalue weighted by Crippen LogP contribution is 2.43. The second-order valence-electron chi connectivity index (χ2n) is 18.2. The average molecular weight is 1280 g/mol. The fourth-order valence-electron chi connectivity index (χ4n) is 8.19. The molecule has 0 spiro atoms. The lowest BCUT2D eigenvalue weighted by Gasteiger charge is -2.26. The van der Waals surface area contributed by atoms with Crippen molar-refractivity contribution in [3.63, 3.8) is 0 Å². The van der Waals surface area contributed by atoms with Crippen molar-refractivity contribution in [2.75, 3.05) is 57.2 Å². The van der Waals surface area contributed by atoms with Crippen LogP contribution in [0.3, 0.4) is 0 Å². The average Bonchev–Trinajstić information content (AvgIpc) is 1.63.